The highest BCUT2D eigenvalue weighted by Crippen LogP contribution is 2.29. The summed E-state index contributed by atoms with van der Waals surface area (Å²) in [6, 6.07) is 14.0. The van der Waals surface area contributed by atoms with E-state index in [9.17, 15) is 4.79 Å². The van der Waals surface area contributed by atoms with Gasteiger partial charge in [0.1, 0.15) is 5.75 Å². The number of benzene rings is 2. The molecule has 2 nitrogen and oxygen atoms in total. The second-order valence-electron chi connectivity index (χ2n) is 4.91. The Kier molecular flexibility index (Phi) is 5.45. The molecule has 0 aliphatic carbocycles. The number of aryl methyl sites for hydroxylation is 1. The number of carbonyl (C=O) groups excluding carboxylic acids is 1. The number of thioether (sulfide) groups is 1. The molecule has 2 rings (SSSR count). The number of Topliss-reactive ketones (excluding diaryl/α,β-unsaturated/α-hetero) is 1. The third-order valence-electron chi connectivity index (χ3n) is 3.33. The Morgan fingerprint density at radius 3 is 2.48 bits per heavy atom. The maximum atomic E-state index is 11.6. The quantitative estimate of drug-likeness (QED) is 0.561. The predicted octanol–water partition coefficient (Wildman–Crippen LogP) is 4.89. The van der Waals surface area contributed by atoms with Crippen LogP contribution in [-0.4, -0.2) is 12.9 Å². The summed E-state index contributed by atoms with van der Waals surface area (Å²) in [5.74, 6) is 1.96. The largest absolute Gasteiger partial charge is 0.496 e. The van der Waals surface area contributed by atoms with Crippen molar-refractivity contribution < 1.29 is 9.53 Å². The van der Waals surface area contributed by atoms with E-state index in [-0.39, 0.29) is 5.78 Å². The summed E-state index contributed by atoms with van der Waals surface area (Å²) in [7, 11) is 1.70. The van der Waals surface area contributed by atoms with Gasteiger partial charge in [-0.15, -0.1) is 11.8 Å². The summed E-state index contributed by atoms with van der Waals surface area (Å²) in [5, 5.41) is 0. The summed E-state index contributed by atoms with van der Waals surface area (Å²) < 4.78 is 5.40. The Balaban J connectivity index is 2.06. The van der Waals surface area contributed by atoms with Crippen LogP contribution in [0.4, 0.5) is 0 Å². The van der Waals surface area contributed by atoms with Gasteiger partial charge in [0, 0.05) is 28.2 Å². The molecule has 21 heavy (non-hydrogen) atoms. The number of carbonyl (C=O) groups is 1. The van der Waals surface area contributed by atoms with Gasteiger partial charge in [-0.3, -0.25) is 4.79 Å². The van der Waals surface area contributed by atoms with E-state index in [0.717, 1.165) is 22.0 Å². The monoisotopic (exact) mass is 300 g/mol. The zero-order valence-corrected chi connectivity index (χ0v) is 13.5. The molecule has 0 spiro atoms. The van der Waals surface area contributed by atoms with Gasteiger partial charge in [0.05, 0.1) is 7.11 Å². The number of ketones is 1. The van der Waals surface area contributed by atoms with Crippen molar-refractivity contribution in [2.45, 2.75) is 30.9 Å². The van der Waals surface area contributed by atoms with Gasteiger partial charge in [-0.05, 0) is 25.1 Å². The normalized spacial score (nSPS) is 10.4. The molecule has 0 bridgehead atoms. The molecule has 0 aromatic heterocycles. The maximum absolute atomic E-state index is 11.6. The molecule has 0 saturated heterocycles. The van der Waals surface area contributed by atoms with E-state index < -0.39 is 0 Å². The first-order valence-corrected chi connectivity index (χ1v) is 8.02. The molecule has 0 unspecified atom stereocenters. The zero-order chi connectivity index (χ0) is 15.2. The van der Waals surface area contributed by atoms with Gasteiger partial charge in [0.2, 0.25) is 0 Å². The number of rotatable bonds is 6. The fourth-order valence-electron chi connectivity index (χ4n) is 2.12. The molecule has 2 aromatic carbocycles. The van der Waals surface area contributed by atoms with Gasteiger partial charge in [-0.1, -0.05) is 36.8 Å². The minimum absolute atomic E-state index is 0.187. The lowest BCUT2D eigenvalue weighted by atomic mass is 10.1. The molecular weight excluding hydrogens is 280 g/mol. The highest BCUT2D eigenvalue weighted by molar-refractivity contribution is 7.98. The van der Waals surface area contributed by atoms with Gasteiger partial charge in [-0.25, -0.2) is 0 Å². The summed E-state index contributed by atoms with van der Waals surface area (Å²) in [6.45, 7) is 3.97. The topological polar surface area (TPSA) is 26.3 Å². The lowest BCUT2D eigenvalue weighted by Crippen LogP contribution is -1.95. The highest BCUT2D eigenvalue weighted by Gasteiger charge is 2.06. The second kappa shape index (κ2) is 7.32. The average molecular weight is 300 g/mol. The number of hydrogen-bond acceptors (Lipinski definition) is 3. The number of ether oxygens (including phenoxy) is 1. The third-order valence-corrected chi connectivity index (χ3v) is 4.39. The summed E-state index contributed by atoms with van der Waals surface area (Å²) in [4.78, 5) is 12.8. The first-order chi connectivity index (χ1) is 10.1. The smallest absolute Gasteiger partial charge is 0.162 e. The minimum atomic E-state index is 0.187. The van der Waals surface area contributed by atoms with Crippen LogP contribution in [0.25, 0.3) is 0 Å². The van der Waals surface area contributed by atoms with Crippen molar-refractivity contribution in [3.8, 4) is 5.75 Å². The first-order valence-electron chi connectivity index (χ1n) is 7.03. The van der Waals surface area contributed by atoms with Crippen LogP contribution in [-0.2, 0) is 5.75 Å². The zero-order valence-electron chi connectivity index (χ0n) is 12.7. The molecule has 0 amide bonds. The molecule has 0 fully saturated rings. The number of methoxy groups -OCH3 is 1. The van der Waals surface area contributed by atoms with Crippen molar-refractivity contribution in [2.24, 2.45) is 0 Å². The molecule has 110 valence electrons. The maximum Gasteiger partial charge on any atom is 0.162 e. The van der Waals surface area contributed by atoms with Crippen LogP contribution < -0.4 is 4.74 Å². The predicted molar refractivity (Wildman–Crippen MR) is 88.4 cm³/mol. The second-order valence-corrected chi connectivity index (χ2v) is 5.95. The van der Waals surface area contributed by atoms with Crippen molar-refractivity contribution in [3.63, 3.8) is 0 Å². The van der Waals surface area contributed by atoms with E-state index in [1.807, 2.05) is 37.3 Å². The molecule has 0 atom stereocenters. The lowest BCUT2D eigenvalue weighted by Gasteiger charge is -2.09. The molecule has 0 N–H and O–H groups in total. The van der Waals surface area contributed by atoms with Gasteiger partial charge in [0.25, 0.3) is 0 Å². The molecule has 0 heterocycles. The Hall–Kier alpha value is -1.74. The van der Waals surface area contributed by atoms with Crippen molar-refractivity contribution in [1.29, 1.82) is 0 Å². The highest BCUT2D eigenvalue weighted by atomic mass is 32.2. The molecule has 2 aromatic rings. The van der Waals surface area contributed by atoms with Crippen molar-refractivity contribution in [3.05, 3.63) is 59.2 Å². The van der Waals surface area contributed by atoms with Gasteiger partial charge >= 0.3 is 0 Å². The van der Waals surface area contributed by atoms with E-state index in [1.54, 1.807) is 18.9 Å². The first kappa shape index (κ1) is 15.6. The van der Waals surface area contributed by atoms with Crippen molar-refractivity contribution in [1.82, 2.24) is 0 Å². The lowest BCUT2D eigenvalue weighted by molar-refractivity contribution is 0.0988. The Morgan fingerprint density at radius 2 is 1.86 bits per heavy atom. The van der Waals surface area contributed by atoms with Crippen LogP contribution in [0.2, 0.25) is 0 Å². The van der Waals surface area contributed by atoms with E-state index in [4.69, 9.17) is 4.74 Å². The van der Waals surface area contributed by atoms with E-state index in [0.29, 0.717) is 6.42 Å². The molecule has 0 saturated carbocycles. The fraction of sp³-hybridized carbons (Fsp3) is 0.278. The van der Waals surface area contributed by atoms with Gasteiger partial charge in [-0.2, -0.15) is 0 Å². The van der Waals surface area contributed by atoms with Crippen LogP contribution in [0.5, 0.6) is 5.75 Å². The summed E-state index contributed by atoms with van der Waals surface area (Å²) in [6.07, 6.45) is 0.549. The molecular formula is C18H20O2S. The molecule has 3 heteroatoms. The number of hydrogen-bond donors (Lipinski definition) is 0. The van der Waals surface area contributed by atoms with Crippen LogP contribution in [0, 0.1) is 6.92 Å². The van der Waals surface area contributed by atoms with E-state index in [2.05, 4.69) is 19.1 Å². The minimum Gasteiger partial charge on any atom is -0.496 e. The van der Waals surface area contributed by atoms with Gasteiger partial charge < -0.3 is 4.74 Å². The van der Waals surface area contributed by atoms with E-state index >= 15 is 0 Å². The van der Waals surface area contributed by atoms with Gasteiger partial charge in [0.15, 0.2) is 5.78 Å². The van der Waals surface area contributed by atoms with Crippen LogP contribution in [0.1, 0.15) is 34.8 Å². The van der Waals surface area contributed by atoms with Crippen LogP contribution in [0.15, 0.2) is 47.4 Å². The van der Waals surface area contributed by atoms with E-state index in [1.165, 1.54) is 11.1 Å². The van der Waals surface area contributed by atoms with Crippen molar-refractivity contribution >= 4 is 17.5 Å². The Bertz CT molecular complexity index is 618. The fourth-order valence-corrected chi connectivity index (χ4v) is 3.00. The molecule has 0 radical (unpaired) electrons. The Labute approximate surface area is 130 Å². The van der Waals surface area contributed by atoms with Crippen molar-refractivity contribution in [2.75, 3.05) is 7.11 Å². The molecule has 0 aliphatic rings. The average Bonchev–Trinajstić information content (AvgIpc) is 2.52. The standard InChI is InChI=1S/C18H20O2S/c1-4-17(19)14-6-8-16(9-7-14)21-12-15-11-13(2)5-10-18(15)20-3/h5-11H,4,12H2,1-3H3. The Morgan fingerprint density at radius 1 is 1.14 bits per heavy atom. The third kappa shape index (κ3) is 4.11. The SMILES string of the molecule is CCC(=O)c1ccc(SCc2cc(C)ccc2OC)cc1. The van der Waals surface area contributed by atoms with Crippen LogP contribution >= 0.6 is 11.8 Å². The van der Waals surface area contributed by atoms with Crippen LogP contribution in [0.3, 0.4) is 0 Å². The summed E-state index contributed by atoms with van der Waals surface area (Å²) in [5.41, 5.74) is 3.21. The summed E-state index contributed by atoms with van der Waals surface area (Å²) >= 11 is 1.75. The molecule has 0 aliphatic heterocycles.